The van der Waals surface area contributed by atoms with Gasteiger partial charge in [-0.3, -0.25) is 0 Å². The number of nitrogens with one attached hydrogen (secondary N) is 1. The molecule has 18 heavy (non-hydrogen) atoms. The van der Waals surface area contributed by atoms with Crippen molar-refractivity contribution in [2.24, 2.45) is 0 Å². The number of likely N-dealkylation sites (N-methyl/N-ethyl adjacent to an activating group) is 1. The van der Waals surface area contributed by atoms with E-state index in [2.05, 4.69) is 11.4 Å². The lowest BCUT2D eigenvalue weighted by Crippen LogP contribution is -2.30. The van der Waals surface area contributed by atoms with Crippen LogP contribution in [0.3, 0.4) is 0 Å². The van der Waals surface area contributed by atoms with Crippen molar-refractivity contribution in [3.05, 3.63) is 45.5 Å². The van der Waals surface area contributed by atoms with Crippen molar-refractivity contribution >= 4 is 23.2 Å². The monoisotopic (exact) mass is 283 g/mol. The Morgan fingerprint density at radius 3 is 2.50 bits per heavy atom. The van der Waals surface area contributed by atoms with Crippen molar-refractivity contribution in [3.63, 3.8) is 0 Å². The first-order chi connectivity index (χ1) is 8.72. The molecule has 1 aromatic rings. The fourth-order valence-corrected chi connectivity index (χ4v) is 3.08. The average Bonchev–Trinajstić information content (AvgIpc) is 2.40. The summed E-state index contributed by atoms with van der Waals surface area (Å²) in [4.78, 5) is 0. The normalized spacial score (nSPS) is 17.4. The van der Waals surface area contributed by atoms with Gasteiger partial charge in [0.25, 0.3) is 0 Å². The Balaban J connectivity index is 2.17. The topological polar surface area (TPSA) is 12.0 Å². The molecule has 1 nitrogen and oxygen atoms in total. The zero-order valence-corrected chi connectivity index (χ0v) is 12.2. The highest BCUT2D eigenvalue weighted by Gasteiger charge is 2.17. The van der Waals surface area contributed by atoms with Gasteiger partial charge in [-0.1, -0.05) is 40.9 Å². The summed E-state index contributed by atoms with van der Waals surface area (Å²) in [5, 5.41) is 4.92. The Labute approximate surface area is 119 Å². The molecule has 1 aliphatic carbocycles. The van der Waals surface area contributed by atoms with Crippen LogP contribution in [0, 0.1) is 0 Å². The molecule has 1 unspecified atom stereocenters. The molecule has 0 spiro atoms. The Bertz CT molecular complexity index is 420. The summed E-state index contributed by atoms with van der Waals surface area (Å²) in [6.45, 7) is 0. The maximum absolute atomic E-state index is 6.24. The molecule has 3 heteroatoms. The van der Waals surface area contributed by atoms with E-state index in [1.165, 1.54) is 31.3 Å². The van der Waals surface area contributed by atoms with Crippen LogP contribution in [-0.4, -0.2) is 13.1 Å². The second-order valence-electron chi connectivity index (χ2n) is 4.77. The lowest BCUT2D eigenvalue weighted by atomic mass is 9.90. The summed E-state index contributed by atoms with van der Waals surface area (Å²) in [5.41, 5.74) is 2.55. The smallest absolute Gasteiger partial charge is 0.0453 e. The fraction of sp³-hybridized carbons (Fsp3) is 0.467. The van der Waals surface area contributed by atoms with Crippen molar-refractivity contribution in [1.82, 2.24) is 5.32 Å². The third kappa shape index (κ3) is 3.28. The number of benzene rings is 1. The zero-order chi connectivity index (χ0) is 13.0. The van der Waals surface area contributed by atoms with Crippen LogP contribution in [0.25, 0.3) is 0 Å². The number of allylic oxidation sites excluding steroid dienone is 1. The average molecular weight is 284 g/mol. The molecule has 0 heterocycles. The Morgan fingerprint density at radius 1 is 1.22 bits per heavy atom. The van der Waals surface area contributed by atoms with Crippen LogP contribution in [0.1, 0.15) is 31.2 Å². The van der Waals surface area contributed by atoms with Crippen LogP contribution >= 0.6 is 23.2 Å². The van der Waals surface area contributed by atoms with Crippen molar-refractivity contribution in [3.8, 4) is 0 Å². The summed E-state index contributed by atoms with van der Waals surface area (Å²) in [5.74, 6) is 0. The lowest BCUT2D eigenvalue weighted by molar-refractivity contribution is 0.569. The summed E-state index contributed by atoms with van der Waals surface area (Å²) in [7, 11) is 2.00. The largest absolute Gasteiger partial charge is 0.313 e. The van der Waals surface area contributed by atoms with Gasteiger partial charge in [0.15, 0.2) is 0 Å². The third-order valence-corrected chi connectivity index (χ3v) is 4.30. The van der Waals surface area contributed by atoms with Gasteiger partial charge < -0.3 is 5.32 Å². The molecule has 0 fully saturated rings. The highest BCUT2D eigenvalue weighted by Crippen LogP contribution is 2.29. The molecule has 98 valence electrons. The van der Waals surface area contributed by atoms with E-state index < -0.39 is 0 Å². The standard InChI is InChI=1S/C15H19Cl2N/c1-18-15(11-6-3-2-4-7-11)10-12-13(16)8-5-9-14(12)17/h5-6,8-9,15,18H,2-4,7,10H2,1H3. The molecule has 1 aromatic carbocycles. The molecule has 2 rings (SSSR count). The maximum atomic E-state index is 6.24. The van der Waals surface area contributed by atoms with E-state index in [4.69, 9.17) is 23.2 Å². The van der Waals surface area contributed by atoms with E-state index in [1.54, 1.807) is 0 Å². The minimum absolute atomic E-state index is 0.350. The predicted molar refractivity (Wildman–Crippen MR) is 79.6 cm³/mol. The Morgan fingerprint density at radius 2 is 1.94 bits per heavy atom. The number of hydrogen-bond acceptors (Lipinski definition) is 1. The first-order valence-corrected chi connectivity index (χ1v) is 7.27. The highest BCUT2D eigenvalue weighted by molar-refractivity contribution is 6.36. The molecule has 0 bridgehead atoms. The Kier molecular flexibility index (Phi) is 5.11. The van der Waals surface area contributed by atoms with Crippen molar-refractivity contribution < 1.29 is 0 Å². The fourth-order valence-electron chi connectivity index (χ4n) is 2.53. The predicted octanol–water partition coefficient (Wildman–Crippen LogP) is 4.62. The number of halogens is 2. The van der Waals surface area contributed by atoms with E-state index in [0.29, 0.717) is 6.04 Å². The second-order valence-corrected chi connectivity index (χ2v) is 5.58. The quantitative estimate of drug-likeness (QED) is 0.795. The van der Waals surface area contributed by atoms with Gasteiger partial charge in [-0.25, -0.2) is 0 Å². The molecule has 0 saturated carbocycles. The van der Waals surface area contributed by atoms with Gasteiger partial charge in [-0.2, -0.15) is 0 Å². The van der Waals surface area contributed by atoms with Crippen molar-refractivity contribution in [2.75, 3.05) is 7.05 Å². The molecule has 1 atom stereocenters. The van der Waals surface area contributed by atoms with Gasteiger partial charge in [0.05, 0.1) is 0 Å². The van der Waals surface area contributed by atoms with Gasteiger partial charge in [0.2, 0.25) is 0 Å². The second kappa shape index (κ2) is 6.60. The molecule has 0 radical (unpaired) electrons. The van der Waals surface area contributed by atoms with E-state index >= 15 is 0 Å². The molecular weight excluding hydrogens is 265 g/mol. The van der Waals surface area contributed by atoms with Crippen LogP contribution in [-0.2, 0) is 6.42 Å². The SMILES string of the molecule is CNC(Cc1c(Cl)cccc1Cl)C1=CCCCC1. The van der Waals surface area contributed by atoms with Gasteiger partial charge in [0.1, 0.15) is 0 Å². The molecule has 1 N–H and O–H groups in total. The molecule has 0 amide bonds. The molecule has 0 aromatic heterocycles. The third-order valence-electron chi connectivity index (χ3n) is 3.59. The molecule has 0 aliphatic heterocycles. The highest BCUT2D eigenvalue weighted by atomic mass is 35.5. The van der Waals surface area contributed by atoms with Crippen molar-refractivity contribution in [1.29, 1.82) is 0 Å². The summed E-state index contributed by atoms with van der Waals surface area (Å²) in [6, 6.07) is 6.06. The summed E-state index contributed by atoms with van der Waals surface area (Å²) < 4.78 is 0. The minimum Gasteiger partial charge on any atom is -0.313 e. The van der Waals surface area contributed by atoms with Gasteiger partial charge in [0, 0.05) is 16.1 Å². The maximum Gasteiger partial charge on any atom is 0.0453 e. The van der Waals surface area contributed by atoms with Gasteiger partial charge >= 0.3 is 0 Å². The van der Waals surface area contributed by atoms with Gasteiger partial charge in [-0.05, 0) is 56.8 Å². The van der Waals surface area contributed by atoms with E-state index in [1.807, 2.05) is 25.2 Å². The van der Waals surface area contributed by atoms with E-state index in [9.17, 15) is 0 Å². The van der Waals surface area contributed by atoms with Crippen molar-refractivity contribution in [2.45, 2.75) is 38.1 Å². The van der Waals surface area contributed by atoms with Gasteiger partial charge in [-0.15, -0.1) is 0 Å². The first kappa shape index (κ1) is 13.9. The summed E-state index contributed by atoms with van der Waals surface area (Å²) >= 11 is 12.5. The van der Waals surface area contributed by atoms with E-state index in [-0.39, 0.29) is 0 Å². The first-order valence-electron chi connectivity index (χ1n) is 6.51. The number of hydrogen-bond donors (Lipinski definition) is 1. The molecule has 1 aliphatic rings. The van der Waals surface area contributed by atoms with Crippen LogP contribution in [0.2, 0.25) is 10.0 Å². The minimum atomic E-state index is 0.350. The van der Waals surface area contributed by atoms with Crippen LogP contribution in [0.15, 0.2) is 29.8 Å². The molecule has 0 saturated heterocycles. The van der Waals surface area contributed by atoms with E-state index in [0.717, 1.165) is 22.0 Å². The van der Waals surface area contributed by atoms with Crippen LogP contribution in [0.5, 0.6) is 0 Å². The molecular formula is C15H19Cl2N. The van der Waals surface area contributed by atoms with Crippen LogP contribution in [0.4, 0.5) is 0 Å². The zero-order valence-electron chi connectivity index (χ0n) is 10.7. The summed E-state index contributed by atoms with van der Waals surface area (Å²) in [6.07, 6.45) is 8.22. The number of rotatable bonds is 4. The van der Waals surface area contributed by atoms with Crippen LogP contribution < -0.4 is 5.32 Å². The lowest BCUT2D eigenvalue weighted by Gasteiger charge is -2.23. The Hall–Kier alpha value is -0.500.